The van der Waals surface area contributed by atoms with Crippen molar-refractivity contribution in [3.05, 3.63) is 34.9 Å². The van der Waals surface area contributed by atoms with Crippen molar-refractivity contribution in [3.63, 3.8) is 0 Å². The van der Waals surface area contributed by atoms with Crippen LogP contribution in [0.5, 0.6) is 0 Å². The lowest BCUT2D eigenvalue weighted by atomic mass is 10.0. The van der Waals surface area contributed by atoms with Crippen molar-refractivity contribution < 1.29 is 19.1 Å². The second-order valence-corrected chi connectivity index (χ2v) is 8.33. The Balaban J connectivity index is 1.39. The van der Waals surface area contributed by atoms with Crippen molar-refractivity contribution in [1.82, 2.24) is 15.1 Å². The fourth-order valence-corrected chi connectivity index (χ4v) is 4.61. The predicted molar refractivity (Wildman–Crippen MR) is 110 cm³/mol. The van der Waals surface area contributed by atoms with Gasteiger partial charge in [0.25, 0.3) is 5.91 Å². The first-order valence-electron chi connectivity index (χ1n) is 10.9. The number of imide groups is 1. The van der Waals surface area contributed by atoms with Gasteiger partial charge in [-0.25, -0.2) is 0 Å². The Morgan fingerprint density at radius 1 is 1.13 bits per heavy atom. The Bertz CT molecular complexity index is 819. The number of fused-ring (bicyclic) bond motifs is 1. The molecule has 0 saturated carbocycles. The van der Waals surface area contributed by atoms with Crippen LogP contribution in [0.3, 0.4) is 0 Å². The van der Waals surface area contributed by atoms with E-state index in [-0.39, 0.29) is 24.1 Å². The quantitative estimate of drug-likeness (QED) is 0.505. The second-order valence-electron chi connectivity index (χ2n) is 8.33. The first kappa shape index (κ1) is 21.0. The summed E-state index contributed by atoms with van der Waals surface area (Å²) in [5, 5.41) is 2.36. The number of ether oxygens (including phenoxy) is 1. The maximum Gasteiger partial charge on any atom is 0.255 e. The molecule has 162 valence electrons. The highest BCUT2D eigenvalue weighted by Gasteiger charge is 2.39. The molecule has 3 aliphatic heterocycles. The van der Waals surface area contributed by atoms with Crippen LogP contribution in [0.4, 0.5) is 0 Å². The molecule has 30 heavy (non-hydrogen) atoms. The average Bonchev–Trinajstić information content (AvgIpc) is 3.07. The third-order valence-electron chi connectivity index (χ3n) is 6.31. The van der Waals surface area contributed by atoms with Crippen LogP contribution in [-0.2, 0) is 27.4 Å². The van der Waals surface area contributed by atoms with Gasteiger partial charge in [0, 0.05) is 44.8 Å². The molecule has 3 N–H and O–H groups in total. The predicted octanol–water partition coefficient (Wildman–Crippen LogP) is 0.777. The molecule has 3 aliphatic rings. The van der Waals surface area contributed by atoms with Gasteiger partial charge in [-0.3, -0.25) is 24.6 Å². The molecule has 0 aromatic heterocycles. The number of amides is 3. The third kappa shape index (κ3) is 4.40. The van der Waals surface area contributed by atoms with E-state index in [9.17, 15) is 14.4 Å². The van der Waals surface area contributed by atoms with Crippen molar-refractivity contribution in [2.45, 2.75) is 57.3 Å². The number of likely N-dealkylation sites (tertiary alicyclic amines) is 1. The minimum absolute atomic E-state index is 0.117. The summed E-state index contributed by atoms with van der Waals surface area (Å²) in [4.78, 5) is 40.7. The van der Waals surface area contributed by atoms with Gasteiger partial charge in [-0.1, -0.05) is 12.1 Å². The second kappa shape index (κ2) is 9.24. The van der Waals surface area contributed by atoms with E-state index >= 15 is 0 Å². The number of piperidine rings is 2. The maximum absolute atomic E-state index is 13.0. The van der Waals surface area contributed by atoms with Crippen LogP contribution in [0, 0.1) is 0 Å². The lowest BCUT2D eigenvalue weighted by Gasteiger charge is -2.32. The zero-order valence-corrected chi connectivity index (χ0v) is 17.3. The van der Waals surface area contributed by atoms with Crippen molar-refractivity contribution in [1.29, 1.82) is 0 Å². The molecule has 1 aromatic carbocycles. The van der Waals surface area contributed by atoms with Gasteiger partial charge in [-0.2, -0.15) is 0 Å². The van der Waals surface area contributed by atoms with Gasteiger partial charge in [0.2, 0.25) is 11.8 Å². The van der Waals surface area contributed by atoms with Crippen molar-refractivity contribution in [2.75, 3.05) is 26.2 Å². The first-order chi connectivity index (χ1) is 14.6. The molecule has 2 saturated heterocycles. The standard InChI is InChI=1S/C22H30N4O4/c23-9-2-12-30-16-7-10-25(11-8-16)13-15-3-1-4-17-18(15)14-26(22(17)29)19-5-6-20(27)24-21(19)28/h1,3-4,16,19H,2,5-14,23H2,(H,24,27,28). The molecule has 0 aliphatic carbocycles. The Morgan fingerprint density at radius 3 is 2.67 bits per heavy atom. The fourth-order valence-electron chi connectivity index (χ4n) is 4.61. The van der Waals surface area contributed by atoms with Crippen molar-refractivity contribution in [2.24, 2.45) is 5.73 Å². The molecule has 8 heteroatoms. The van der Waals surface area contributed by atoms with Crippen molar-refractivity contribution in [3.8, 4) is 0 Å². The first-order valence-corrected chi connectivity index (χ1v) is 10.9. The minimum Gasteiger partial charge on any atom is -0.378 e. The number of carbonyl (C=O) groups is 3. The van der Waals surface area contributed by atoms with Crippen molar-refractivity contribution >= 4 is 17.7 Å². The summed E-state index contributed by atoms with van der Waals surface area (Å²) in [7, 11) is 0. The summed E-state index contributed by atoms with van der Waals surface area (Å²) < 4.78 is 5.89. The van der Waals surface area contributed by atoms with Gasteiger partial charge in [0.05, 0.1) is 6.10 Å². The molecule has 2 fully saturated rings. The molecular weight excluding hydrogens is 384 g/mol. The van der Waals surface area contributed by atoms with Crippen LogP contribution >= 0.6 is 0 Å². The molecule has 0 radical (unpaired) electrons. The lowest BCUT2D eigenvalue weighted by molar-refractivity contribution is -0.136. The van der Waals surface area contributed by atoms with Crippen LogP contribution < -0.4 is 11.1 Å². The summed E-state index contributed by atoms with van der Waals surface area (Å²) >= 11 is 0. The number of nitrogens with one attached hydrogen (secondary N) is 1. The average molecular weight is 415 g/mol. The molecule has 0 spiro atoms. The van der Waals surface area contributed by atoms with E-state index in [1.54, 1.807) is 4.90 Å². The lowest BCUT2D eigenvalue weighted by Crippen LogP contribution is -2.52. The van der Waals surface area contributed by atoms with Gasteiger partial charge < -0.3 is 15.4 Å². The maximum atomic E-state index is 13.0. The Labute approximate surface area is 176 Å². The van der Waals surface area contributed by atoms with Crippen LogP contribution in [0.1, 0.15) is 53.6 Å². The normalized spacial score (nSPS) is 23.0. The number of hydrogen-bond acceptors (Lipinski definition) is 6. The van der Waals surface area contributed by atoms with E-state index in [2.05, 4.69) is 16.3 Å². The van der Waals surface area contributed by atoms with Crippen LogP contribution in [-0.4, -0.2) is 65.9 Å². The number of carbonyl (C=O) groups excluding carboxylic acids is 3. The SMILES string of the molecule is NCCCOC1CCN(Cc2cccc3c2CN(C2CCC(=O)NC2=O)C3=O)CC1. The highest BCUT2D eigenvalue weighted by Crippen LogP contribution is 2.31. The fraction of sp³-hybridized carbons (Fsp3) is 0.591. The summed E-state index contributed by atoms with van der Waals surface area (Å²) in [6.07, 6.45) is 3.86. The minimum atomic E-state index is -0.572. The Morgan fingerprint density at radius 2 is 1.93 bits per heavy atom. The zero-order valence-electron chi connectivity index (χ0n) is 17.3. The smallest absolute Gasteiger partial charge is 0.255 e. The van der Waals surface area contributed by atoms with E-state index in [1.807, 2.05) is 12.1 Å². The van der Waals surface area contributed by atoms with E-state index in [4.69, 9.17) is 10.5 Å². The van der Waals surface area contributed by atoms with E-state index < -0.39 is 6.04 Å². The molecule has 1 aromatic rings. The van der Waals surface area contributed by atoms with Crippen LogP contribution in [0.2, 0.25) is 0 Å². The number of nitrogens with two attached hydrogens (primary N) is 1. The zero-order chi connectivity index (χ0) is 21.1. The third-order valence-corrected chi connectivity index (χ3v) is 6.31. The molecule has 8 nitrogen and oxygen atoms in total. The van der Waals surface area contributed by atoms with Gasteiger partial charge in [-0.05, 0) is 49.4 Å². The highest BCUT2D eigenvalue weighted by atomic mass is 16.5. The topological polar surface area (TPSA) is 105 Å². The summed E-state index contributed by atoms with van der Waals surface area (Å²) in [6, 6.07) is 5.26. The van der Waals surface area contributed by atoms with Gasteiger partial charge in [-0.15, -0.1) is 0 Å². The van der Waals surface area contributed by atoms with E-state index in [0.717, 1.165) is 56.6 Å². The van der Waals surface area contributed by atoms with E-state index in [0.29, 0.717) is 31.2 Å². The summed E-state index contributed by atoms with van der Waals surface area (Å²) in [5.74, 6) is -0.754. The van der Waals surface area contributed by atoms with Gasteiger partial charge in [0.15, 0.2) is 0 Å². The Kier molecular flexibility index (Phi) is 6.46. The number of hydrogen-bond donors (Lipinski definition) is 2. The van der Waals surface area contributed by atoms with E-state index in [1.165, 1.54) is 0 Å². The molecule has 1 atom stereocenters. The largest absolute Gasteiger partial charge is 0.378 e. The highest BCUT2D eigenvalue weighted by molar-refractivity contribution is 6.05. The molecule has 3 heterocycles. The molecule has 4 rings (SSSR count). The monoisotopic (exact) mass is 414 g/mol. The van der Waals surface area contributed by atoms with Crippen LogP contribution in [0.25, 0.3) is 0 Å². The number of rotatable bonds is 7. The Hall–Kier alpha value is -2.29. The number of nitrogens with zero attached hydrogens (tertiary/aromatic N) is 2. The van der Waals surface area contributed by atoms with Crippen LogP contribution in [0.15, 0.2) is 18.2 Å². The molecule has 0 bridgehead atoms. The molecular formula is C22H30N4O4. The van der Waals surface area contributed by atoms with Gasteiger partial charge in [0.1, 0.15) is 6.04 Å². The number of benzene rings is 1. The summed E-state index contributed by atoms with van der Waals surface area (Å²) in [5.41, 5.74) is 8.35. The molecule has 1 unspecified atom stereocenters. The summed E-state index contributed by atoms with van der Waals surface area (Å²) in [6.45, 7) is 4.52. The molecule has 3 amide bonds. The van der Waals surface area contributed by atoms with Gasteiger partial charge >= 0.3 is 0 Å².